The monoisotopic (exact) mass is 199 g/mol. The van der Waals surface area contributed by atoms with Gasteiger partial charge in [0.15, 0.2) is 5.79 Å². The molecule has 0 saturated carbocycles. The molecule has 3 heteroatoms. The molecule has 2 atom stereocenters. The van der Waals surface area contributed by atoms with Crippen molar-refractivity contribution in [2.75, 3.05) is 13.1 Å². The number of hydrogen-bond acceptors (Lipinski definition) is 3. The molecule has 3 nitrogen and oxygen atoms in total. The van der Waals surface area contributed by atoms with Gasteiger partial charge in [-0.1, -0.05) is 0 Å². The highest BCUT2D eigenvalue weighted by molar-refractivity contribution is 4.96. The van der Waals surface area contributed by atoms with Gasteiger partial charge >= 0.3 is 0 Å². The second kappa shape index (κ2) is 2.94. The van der Waals surface area contributed by atoms with Crippen molar-refractivity contribution in [3.8, 4) is 0 Å². The topological polar surface area (TPSA) is 21.7 Å². The summed E-state index contributed by atoms with van der Waals surface area (Å²) in [7, 11) is 0. The van der Waals surface area contributed by atoms with Gasteiger partial charge in [-0.2, -0.15) is 0 Å². The summed E-state index contributed by atoms with van der Waals surface area (Å²) in [4.78, 5) is 2.43. The van der Waals surface area contributed by atoms with E-state index < -0.39 is 0 Å². The quantitative estimate of drug-likeness (QED) is 0.592. The van der Waals surface area contributed by atoms with Crippen LogP contribution in [0.3, 0.4) is 0 Å². The Morgan fingerprint density at radius 2 is 1.50 bits per heavy atom. The molecule has 0 unspecified atom stereocenters. The minimum Gasteiger partial charge on any atom is -0.343 e. The maximum Gasteiger partial charge on any atom is 0.163 e. The van der Waals surface area contributed by atoms with Gasteiger partial charge in [0.25, 0.3) is 0 Å². The highest BCUT2D eigenvalue weighted by Crippen LogP contribution is 2.35. The molecule has 0 bridgehead atoms. The van der Waals surface area contributed by atoms with Crippen LogP contribution >= 0.6 is 0 Å². The molecular formula is C11H21NO2. The molecule has 14 heavy (non-hydrogen) atoms. The molecule has 2 aliphatic heterocycles. The summed E-state index contributed by atoms with van der Waals surface area (Å²) in [6, 6.07) is 0. The molecule has 2 rings (SSSR count). The van der Waals surface area contributed by atoms with Crippen molar-refractivity contribution in [1.82, 2.24) is 4.90 Å². The van der Waals surface area contributed by atoms with Gasteiger partial charge < -0.3 is 9.47 Å². The molecule has 2 aliphatic rings. The van der Waals surface area contributed by atoms with Crippen LogP contribution in [-0.2, 0) is 9.47 Å². The second-order valence-corrected chi connectivity index (χ2v) is 5.79. The van der Waals surface area contributed by atoms with E-state index >= 15 is 0 Å². The molecule has 82 valence electrons. The van der Waals surface area contributed by atoms with Crippen molar-refractivity contribution < 1.29 is 9.47 Å². The first-order valence-corrected chi connectivity index (χ1v) is 5.39. The predicted molar refractivity (Wildman–Crippen MR) is 55.2 cm³/mol. The first-order chi connectivity index (χ1) is 6.28. The van der Waals surface area contributed by atoms with Gasteiger partial charge in [0, 0.05) is 18.6 Å². The molecular weight excluding hydrogens is 178 g/mol. The maximum absolute atomic E-state index is 5.83. The molecule has 2 saturated heterocycles. The van der Waals surface area contributed by atoms with E-state index in [4.69, 9.17) is 9.47 Å². The minimum absolute atomic E-state index is 0.223. The summed E-state index contributed by atoms with van der Waals surface area (Å²) in [6.45, 7) is 12.7. The first kappa shape index (κ1) is 10.4. The van der Waals surface area contributed by atoms with Gasteiger partial charge in [-0.3, -0.25) is 4.90 Å². The molecule has 0 N–H and O–H groups in total. The minimum atomic E-state index is -0.376. The number of hydrogen-bond donors (Lipinski definition) is 0. The van der Waals surface area contributed by atoms with Crippen LogP contribution in [0.15, 0.2) is 0 Å². The summed E-state index contributed by atoms with van der Waals surface area (Å²) in [6.07, 6.45) is 0.536. The van der Waals surface area contributed by atoms with E-state index in [9.17, 15) is 0 Å². The number of rotatable bonds is 0. The standard InChI is InChI=1S/C11H21NO2/c1-10(2,3)12-6-8-9(7-12)14-11(4,5)13-8/h8-9H,6-7H2,1-5H3/t8-,9+. The molecule has 0 aromatic rings. The molecule has 0 aromatic heterocycles. The molecule has 0 amide bonds. The summed E-state index contributed by atoms with van der Waals surface area (Å²) < 4.78 is 11.7. The summed E-state index contributed by atoms with van der Waals surface area (Å²) in [5.74, 6) is -0.376. The normalized spacial score (nSPS) is 37.5. The Morgan fingerprint density at radius 1 is 1.07 bits per heavy atom. The third-order valence-corrected chi connectivity index (χ3v) is 3.03. The van der Waals surface area contributed by atoms with E-state index in [0.717, 1.165) is 13.1 Å². The van der Waals surface area contributed by atoms with Crippen molar-refractivity contribution in [3.63, 3.8) is 0 Å². The van der Waals surface area contributed by atoms with Crippen LogP contribution in [0.1, 0.15) is 34.6 Å². The van der Waals surface area contributed by atoms with E-state index in [1.807, 2.05) is 13.8 Å². The third kappa shape index (κ3) is 1.81. The zero-order chi connectivity index (χ0) is 10.6. The zero-order valence-corrected chi connectivity index (χ0v) is 9.83. The van der Waals surface area contributed by atoms with Crippen LogP contribution in [0, 0.1) is 0 Å². The SMILES string of the molecule is CC1(C)O[C@H]2CN(C(C)(C)C)C[C@H]2O1. The summed E-state index contributed by atoms with van der Waals surface area (Å²) in [5.41, 5.74) is 0.223. The Morgan fingerprint density at radius 3 is 1.86 bits per heavy atom. The highest BCUT2D eigenvalue weighted by Gasteiger charge is 2.48. The lowest BCUT2D eigenvalue weighted by Crippen LogP contribution is -2.42. The van der Waals surface area contributed by atoms with E-state index in [-0.39, 0.29) is 23.5 Å². The Bertz CT molecular complexity index is 216. The average molecular weight is 199 g/mol. The van der Waals surface area contributed by atoms with E-state index in [0.29, 0.717) is 0 Å². The molecule has 0 spiro atoms. The average Bonchev–Trinajstić information content (AvgIpc) is 2.37. The fourth-order valence-electron chi connectivity index (χ4n) is 2.28. The molecule has 0 aromatic carbocycles. The van der Waals surface area contributed by atoms with Crippen molar-refractivity contribution in [1.29, 1.82) is 0 Å². The zero-order valence-electron chi connectivity index (χ0n) is 9.83. The van der Waals surface area contributed by atoms with Crippen LogP contribution in [0.5, 0.6) is 0 Å². The van der Waals surface area contributed by atoms with E-state index in [1.54, 1.807) is 0 Å². The number of ether oxygens (including phenoxy) is 2. The van der Waals surface area contributed by atoms with E-state index in [1.165, 1.54) is 0 Å². The van der Waals surface area contributed by atoms with Crippen LogP contribution in [0.2, 0.25) is 0 Å². The Hall–Kier alpha value is -0.120. The predicted octanol–water partition coefficient (Wildman–Crippen LogP) is 1.62. The van der Waals surface area contributed by atoms with Crippen LogP contribution in [-0.4, -0.2) is 41.5 Å². The van der Waals surface area contributed by atoms with E-state index in [2.05, 4.69) is 25.7 Å². The van der Waals surface area contributed by atoms with Crippen molar-refractivity contribution in [2.24, 2.45) is 0 Å². The van der Waals surface area contributed by atoms with Crippen molar-refractivity contribution in [2.45, 2.75) is 58.2 Å². The van der Waals surface area contributed by atoms with Gasteiger partial charge in [-0.25, -0.2) is 0 Å². The lowest BCUT2D eigenvalue weighted by Gasteiger charge is -2.33. The van der Waals surface area contributed by atoms with Gasteiger partial charge in [0.05, 0.1) is 0 Å². The Kier molecular flexibility index (Phi) is 2.18. The van der Waals surface area contributed by atoms with Crippen LogP contribution in [0.25, 0.3) is 0 Å². The van der Waals surface area contributed by atoms with Crippen molar-refractivity contribution in [3.05, 3.63) is 0 Å². The smallest absolute Gasteiger partial charge is 0.163 e. The first-order valence-electron chi connectivity index (χ1n) is 5.39. The number of fused-ring (bicyclic) bond motifs is 1. The lowest BCUT2D eigenvalue weighted by atomic mass is 10.1. The Labute approximate surface area is 86.4 Å². The van der Waals surface area contributed by atoms with Gasteiger partial charge in [0.2, 0.25) is 0 Å². The van der Waals surface area contributed by atoms with Crippen LogP contribution in [0.4, 0.5) is 0 Å². The largest absolute Gasteiger partial charge is 0.343 e. The maximum atomic E-state index is 5.83. The summed E-state index contributed by atoms with van der Waals surface area (Å²) >= 11 is 0. The highest BCUT2D eigenvalue weighted by atomic mass is 16.8. The molecule has 0 radical (unpaired) electrons. The van der Waals surface area contributed by atoms with Gasteiger partial charge in [0.1, 0.15) is 12.2 Å². The number of likely N-dealkylation sites (tertiary alicyclic amines) is 1. The summed E-state index contributed by atoms with van der Waals surface area (Å²) in [5, 5.41) is 0. The molecule has 2 fully saturated rings. The van der Waals surface area contributed by atoms with Gasteiger partial charge in [-0.15, -0.1) is 0 Å². The number of nitrogens with zero attached hydrogens (tertiary/aromatic N) is 1. The van der Waals surface area contributed by atoms with Crippen molar-refractivity contribution >= 4 is 0 Å². The van der Waals surface area contributed by atoms with Crippen LogP contribution < -0.4 is 0 Å². The fourth-order valence-corrected chi connectivity index (χ4v) is 2.28. The van der Waals surface area contributed by atoms with Gasteiger partial charge in [-0.05, 0) is 34.6 Å². The third-order valence-electron chi connectivity index (χ3n) is 3.03. The fraction of sp³-hybridized carbons (Fsp3) is 1.00. The molecule has 2 heterocycles. The lowest BCUT2D eigenvalue weighted by molar-refractivity contribution is -0.158. The molecule has 0 aliphatic carbocycles. The second-order valence-electron chi connectivity index (χ2n) is 5.79. The Balaban J connectivity index is 2.00.